The monoisotopic (exact) mass is 280 g/mol. The van der Waals surface area contributed by atoms with Crippen LogP contribution in [-0.4, -0.2) is 42.2 Å². The van der Waals surface area contributed by atoms with Crippen LogP contribution in [0.25, 0.3) is 0 Å². The summed E-state index contributed by atoms with van der Waals surface area (Å²) in [6, 6.07) is 3.87. The molecule has 1 fully saturated rings. The van der Waals surface area contributed by atoms with Crippen LogP contribution in [0.15, 0.2) is 18.3 Å². The fraction of sp³-hybridized carbons (Fsp3) is 0.571. The number of aliphatic carboxylic acids is 1. The highest BCUT2D eigenvalue weighted by molar-refractivity contribution is 5.72. The van der Waals surface area contributed by atoms with Crippen molar-refractivity contribution >= 4 is 17.5 Å². The smallest absolute Gasteiger partial charge is 0.308 e. The minimum Gasteiger partial charge on any atom is -0.481 e. The van der Waals surface area contributed by atoms with E-state index in [1.54, 1.807) is 20.8 Å². The van der Waals surface area contributed by atoms with Gasteiger partial charge in [0.05, 0.1) is 17.3 Å². The lowest BCUT2D eigenvalue weighted by atomic mass is 9.98. The summed E-state index contributed by atoms with van der Waals surface area (Å²) >= 11 is 0. The molecule has 1 saturated heterocycles. The molecule has 0 radical (unpaired) electrons. The normalized spacial score (nSPS) is 15.2. The maximum Gasteiger partial charge on any atom is 0.308 e. The number of hydrogen-bond donors (Lipinski definition) is 3. The molecular weight excluding hydrogens is 256 g/mol. The molecular formula is C14H24N4O2. The molecule has 112 valence electrons. The first-order chi connectivity index (χ1) is 9.30. The van der Waals surface area contributed by atoms with Crippen LogP contribution in [0.4, 0.5) is 11.5 Å². The van der Waals surface area contributed by atoms with Crippen molar-refractivity contribution in [2.45, 2.75) is 20.8 Å². The lowest BCUT2D eigenvalue weighted by Crippen LogP contribution is -2.43. The lowest BCUT2D eigenvalue weighted by molar-refractivity contribution is -0.145. The van der Waals surface area contributed by atoms with Gasteiger partial charge >= 0.3 is 5.97 Å². The molecule has 0 atom stereocenters. The predicted octanol–water partition coefficient (Wildman–Crippen LogP) is 1.19. The number of anilines is 2. The van der Waals surface area contributed by atoms with Crippen LogP contribution in [0, 0.1) is 5.41 Å². The van der Waals surface area contributed by atoms with Gasteiger partial charge in [0, 0.05) is 26.2 Å². The van der Waals surface area contributed by atoms with E-state index in [1.165, 1.54) is 0 Å². The second-order valence-electron chi connectivity index (χ2n) is 5.73. The van der Waals surface area contributed by atoms with E-state index in [1.807, 2.05) is 18.3 Å². The van der Waals surface area contributed by atoms with Gasteiger partial charge in [-0.1, -0.05) is 0 Å². The van der Waals surface area contributed by atoms with E-state index >= 15 is 0 Å². The van der Waals surface area contributed by atoms with Gasteiger partial charge in [-0.25, -0.2) is 4.98 Å². The largest absolute Gasteiger partial charge is 0.481 e. The Labute approximate surface area is 120 Å². The van der Waals surface area contributed by atoms with E-state index in [2.05, 4.69) is 15.2 Å². The summed E-state index contributed by atoms with van der Waals surface area (Å²) in [5.74, 6) is -0.175. The maximum atomic E-state index is 10.0. The Morgan fingerprint density at radius 1 is 1.35 bits per heavy atom. The molecule has 0 bridgehead atoms. The summed E-state index contributed by atoms with van der Waals surface area (Å²) in [7, 11) is 0. The zero-order chi connectivity index (χ0) is 15.2. The second kappa shape index (κ2) is 7.09. The summed E-state index contributed by atoms with van der Waals surface area (Å²) in [5.41, 5.74) is 6.09. The minimum absolute atomic E-state index is 0.582. The zero-order valence-corrected chi connectivity index (χ0v) is 12.4. The fourth-order valence-corrected chi connectivity index (χ4v) is 1.51. The predicted molar refractivity (Wildman–Crippen MR) is 80.8 cm³/mol. The molecule has 1 aromatic heterocycles. The molecule has 0 spiro atoms. The number of carboxylic acids is 1. The summed E-state index contributed by atoms with van der Waals surface area (Å²) < 4.78 is 0. The summed E-state index contributed by atoms with van der Waals surface area (Å²) in [6.45, 7) is 9.17. The minimum atomic E-state index is -0.757. The Hall–Kier alpha value is -1.82. The van der Waals surface area contributed by atoms with E-state index < -0.39 is 11.4 Å². The Kier molecular flexibility index (Phi) is 5.76. The highest BCUT2D eigenvalue weighted by Crippen LogP contribution is 2.13. The molecule has 0 saturated carbocycles. The third kappa shape index (κ3) is 5.44. The first kappa shape index (κ1) is 16.2. The van der Waals surface area contributed by atoms with Gasteiger partial charge < -0.3 is 21.1 Å². The van der Waals surface area contributed by atoms with Gasteiger partial charge in [0.2, 0.25) is 0 Å². The number of carboxylic acid groups (broad SMARTS) is 1. The molecule has 0 aromatic carbocycles. The molecule has 1 aliphatic rings. The molecule has 1 aliphatic heterocycles. The Bertz CT molecular complexity index is 420. The molecule has 6 heteroatoms. The van der Waals surface area contributed by atoms with Crippen LogP contribution in [-0.2, 0) is 4.79 Å². The maximum absolute atomic E-state index is 10.0. The number of nitrogen functional groups attached to an aromatic ring is 1. The van der Waals surface area contributed by atoms with E-state index in [0.717, 1.165) is 31.9 Å². The van der Waals surface area contributed by atoms with Crippen molar-refractivity contribution < 1.29 is 9.90 Å². The second-order valence-corrected chi connectivity index (χ2v) is 5.73. The van der Waals surface area contributed by atoms with Gasteiger partial charge in [-0.05, 0) is 32.9 Å². The van der Waals surface area contributed by atoms with E-state index in [4.69, 9.17) is 10.8 Å². The van der Waals surface area contributed by atoms with E-state index in [9.17, 15) is 4.79 Å². The van der Waals surface area contributed by atoms with Crippen molar-refractivity contribution in [2.24, 2.45) is 5.41 Å². The first-order valence-electron chi connectivity index (χ1n) is 6.71. The van der Waals surface area contributed by atoms with Gasteiger partial charge in [0.1, 0.15) is 5.82 Å². The van der Waals surface area contributed by atoms with Crippen LogP contribution < -0.4 is 16.0 Å². The average Bonchev–Trinajstić information content (AvgIpc) is 2.40. The number of rotatable bonds is 1. The number of aromatic nitrogens is 1. The number of nitrogens with one attached hydrogen (secondary N) is 1. The Morgan fingerprint density at radius 3 is 2.30 bits per heavy atom. The third-order valence-electron chi connectivity index (χ3n) is 2.89. The summed E-state index contributed by atoms with van der Waals surface area (Å²) in [5, 5.41) is 11.6. The number of nitrogens with zero attached hydrogens (tertiary/aromatic N) is 2. The average molecular weight is 280 g/mol. The molecule has 1 aromatic rings. The molecule has 2 rings (SSSR count). The van der Waals surface area contributed by atoms with Crippen molar-refractivity contribution in [3.63, 3.8) is 0 Å². The standard InChI is InChI=1S/C9H14N4.C5H10O2/c10-9-2-1-8(7-12-9)13-5-3-11-4-6-13;1-5(2,3)4(6)7/h1-2,7,11H,3-6H2,(H2,10,12);1-3H3,(H,6,7). The Balaban J connectivity index is 0.000000246. The number of nitrogens with two attached hydrogens (primary N) is 1. The molecule has 2 heterocycles. The number of hydrogen-bond acceptors (Lipinski definition) is 5. The van der Waals surface area contributed by atoms with Crippen LogP contribution in [0.1, 0.15) is 20.8 Å². The molecule has 0 amide bonds. The van der Waals surface area contributed by atoms with Gasteiger partial charge in [-0.2, -0.15) is 0 Å². The van der Waals surface area contributed by atoms with Crippen molar-refractivity contribution in [1.82, 2.24) is 10.3 Å². The lowest BCUT2D eigenvalue weighted by Gasteiger charge is -2.29. The zero-order valence-electron chi connectivity index (χ0n) is 12.4. The SMILES string of the molecule is CC(C)(C)C(=O)O.Nc1ccc(N2CCNCC2)cn1. The quantitative estimate of drug-likeness (QED) is 0.716. The summed E-state index contributed by atoms with van der Waals surface area (Å²) in [4.78, 5) is 16.4. The highest BCUT2D eigenvalue weighted by Gasteiger charge is 2.18. The number of piperazine rings is 1. The van der Waals surface area contributed by atoms with Crippen molar-refractivity contribution in [2.75, 3.05) is 36.8 Å². The molecule has 20 heavy (non-hydrogen) atoms. The van der Waals surface area contributed by atoms with Gasteiger partial charge in [-0.3, -0.25) is 4.79 Å². The number of carbonyl (C=O) groups is 1. The summed E-state index contributed by atoms with van der Waals surface area (Å²) in [6.07, 6.45) is 1.83. The molecule has 4 N–H and O–H groups in total. The fourth-order valence-electron chi connectivity index (χ4n) is 1.51. The Morgan fingerprint density at radius 2 is 1.90 bits per heavy atom. The van der Waals surface area contributed by atoms with Crippen molar-refractivity contribution in [3.05, 3.63) is 18.3 Å². The van der Waals surface area contributed by atoms with E-state index in [0.29, 0.717) is 5.82 Å². The van der Waals surface area contributed by atoms with Crippen molar-refractivity contribution in [3.8, 4) is 0 Å². The van der Waals surface area contributed by atoms with E-state index in [-0.39, 0.29) is 0 Å². The molecule has 0 unspecified atom stereocenters. The van der Waals surface area contributed by atoms with Gasteiger partial charge in [0.15, 0.2) is 0 Å². The molecule has 0 aliphatic carbocycles. The topological polar surface area (TPSA) is 91.5 Å². The van der Waals surface area contributed by atoms with Crippen LogP contribution in [0.5, 0.6) is 0 Å². The number of pyridine rings is 1. The highest BCUT2D eigenvalue weighted by atomic mass is 16.4. The first-order valence-corrected chi connectivity index (χ1v) is 6.71. The van der Waals surface area contributed by atoms with Crippen molar-refractivity contribution in [1.29, 1.82) is 0 Å². The van der Waals surface area contributed by atoms with Gasteiger partial charge in [-0.15, -0.1) is 0 Å². The molecule has 6 nitrogen and oxygen atoms in total. The van der Waals surface area contributed by atoms with Gasteiger partial charge in [0.25, 0.3) is 0 Å². The van der Waals surface area contributed by atoms with Crippen LogP contribution in [0.2, 0.25) is 0 Å². The van der Waals surface area contributed by atoms with Crippen LogP contribution >= 0.6 is 0 Å². The van der Waals surface area contributed by atoms with Crippen LogP contribution in [0.3, 0.4) is 0 Å². The third-order valence-corrected chi connectivity index (χ3v) is 2.89.